The average Bonchev–Trinajstić information content (AvgIpc) is 3.08. The lowest BCUT2D eigenvalue weighted by atomic mass is 9.91. The van der Waals surface area contributed by atoms with Crippen LogP contribution in [0.5, 0.6) is 0 Å². The Hall–Kier alpha value is -3.22. The number of hydrogen-bond acceptors (Lipinski definition) is 3. The van der Waals surface area contributed by atoms with Gasteiger partial charge in [0.05, 0.1) is 18.4 Å². The van der Waals surface area contributed by atoms with E-state index in [-0.39, 0.29) is 27.9 Å². The van der Waals surface area contributed by atoms with Crippen molar-refractivity contribution in [1.29, 1.82) is 0 Å². The standard InChI is InChI=1S/C21H16BF2NO3.C2H6/c1-11-15(23)8-9-16(24)17(11)18-14(21(27)28-3)10-25(2)19(18)20(26)12-4-6-13(22)7-5-12;1-2/h4-10H,1-3H3;1-2H3. The number of ketones is 1. The topological polar surface area (TPSA) is 48.3 Å². The molecule has 0 spiro atoms. The van der Waals surface area contributed by atoms with Crippen molar-refractivity contribution in [3.63, 3.8) is 0 Å². The van der Waals surface area contributed by atoms with Crippen LogP contribution in [0.1, 0.15) is 45.8 Å². The van der Waals surface area contributed by atoms with E-state index in [2.05, 4.69) is 0 Å². The van der Waals surface area contributed by atoms with Gasteiger partial charge in [0.25, 0.3) is 0 Å². The summed E-state index contributed by atoms with van der Waals surface area (Å²) < 4.78 is 35.1. The number of carbonyl (C=O) groups excluding carboxylic acids is 2. The molecule has 1 aromatic heterocycles. The van der Waals surface area contributed by atoms with Crippen LogP contribution in [0.25, 0.3) is 11.1 Å². The van der Waals surface area contributed by atoms with E-state index in [0.717, 1.165) is 12.1 Å². The fourth-order valence-electron chi connectivity index (χ4n) is 3.15. The lowest BCUT2D eigenvalue weighted by molar-refractivity contribution is 0.0601. The molecular weight excluding hydrogens is 387 g/mol. The highest BCUT2D eigenvalue weighted by atomic mass is 19.1. The largest absolute Gasteiger partial charge is 0.465 e. The zero-order valence-electron chi connectivity index (χ0n) is 17.5. The highest BCUT2D eigenvalue weighted by molar-refractivity contribution is 6.32. The van der Waals surface area contributed by atoms with E-state index >= 15 is 0 Å². The van der Waals surface area contributed by atoms with Gasteiger partial charge in [0.2, 0.25) is 5.78 Å². The second-order valence-electron chi connectivity index (χ2n) is 6.35. The molecule has 0 saturated heterocycles. The number of ether oxygens (including phenoxy) is 1. The number of aromatic nitrogens is 1. The Morgan fingerprint density at radius 2 is 1.53 bits per heavy atom. The Morgan fingerprint density at radius 1 is 0.967 bits per heavy atom. The van der Waals surface area contributed by atoms with Gasteiger partial charge < -0.3 is 9.30 Å². The third kappa shape index (κ3) is 4.20. The average molecular weight is 409 g/mol. The van der Waals surface area contributed by atoms with E-state index in [1.165, 1.54) is 36.9 Å². The number of benzene rings is 2. The zero-order valence-corrected chi connectivity index (χ0v) is 17.5. The van der Waals surface area contributed by atoms with Gasteiger partial charge in [-0.2, -0.15) is 0 Å². The summed E-state index contributed by atoms with van der Waals surface area (Å²) in [7, 11) is 8.39. The molecule has 0 aliphatic carbocycles. The third-order valence-electron chi connectivity index (χ3n) is 4.57. The summed E-state index contributed by atoms with van der Waals surface area (Å²) in [5, 5.41) is 0. The van der Waals surface area contributed by atoms with Crippen LogP contribution in [0, 0.1) is 18.6 Å². The Balaban J connectivity index is 0.00000155. The van der Waals surface area contributed by atoms with Crippen molar-refractivity contribution in [2.45, 2.75) is 20.8 Å². The van der Waals surface area contributed by atoms with Crippen molar-refractivity contribution < 1.29 is 23.1 Å². The first-order valence-electron chi connectivity index (χ1n) is 9.39. The molecule has 0 bridgehead atoms. The molecule has 0 aliphatic heterocycles. The summed E-state index contributed by atoms with van der Waals surface area (Å²) in [5.74, 6) is -2.62. The molecule has 0 atom stereocenters. The molecule has 154 valence electrons. The number of rotatable bonds is 4. The van der Waals surface area contributed by atoms with Crippen molar-refractivity contribution in [1.82, 2.24) is 4.57 Å². The SMILES string of the molecule is CC.[B]c1ccc(C(=O)c2c(-c3c(F)ccc(F)c3C)c(C(=O)OC)cn2C)cc1. The van der Waals surface area contributed by atoms with Gasteiger partial charge >= 0.3 is 5.97 Å². The van der Waals surface area contributed by atoms with Crippen LogP contribution in [0.3, 0.4) is 0 Å². The molecule has 3 rings (SSSR count). The van der Waals surface area contributed by atoms with Gasteiger partial charge in [-0.3, -0.25) is 4.79 Å². The van der Waals surface area contributed by atoms with E-state index in [1.54, 1.807) is 19.2 Å². The van der Waals surface area contributed by atoms with Gasteiger partial charge in [0, 0.05) is 29.9 Å². The van der Waals surface area contributed by atoms with Crippen molar-refractivity contribution in [2.75, 3.05) is 7.11 Å². The van der Waals surface area contributed by atoms with Crippen LogP contribution in [-0.2, 0) is 11.8 Å². The predicted molar refractivity (Wildman–Crippen MR) is 113 cm³/mol. The van der Waals surface area contributed by atoms with Crippen molar-refractivity contribution in [3.05, 3.63) is 76.6 Å². The van der Waals surface area contributed by atoms with E-state index in [9.17, 15) is 18.4 Å². The second-order valence-corrected chi connectivity index (χ2v) is 6.35. The second kappa shape index (κ2) is 9.52. The van der Waals surface area contributed by atoms with Gasteiger partial charge in [0.15, 0.2) is 0 Å². The minimum absolute atomic E-state index is 0.00863. The number of halogens is 2. The van der Waals surface area contributed by atoms with E-state index < -0.39 is 23.4 Å². The Labute approximate surface area is 175 Å². The summed E-state index contributed by atoms with van der Waals surface area (Å²) >= 11 is 0. The van der Waals surface area contributed by atoms with E-state index in [0.29, 0.717) is 11.0 Å². The number of nitrogens with zero attached hydrogens (tertiary/aromatic N) is 1. The van der Waals surface area contributed by atoms with Crippen LogP contribution in [0.15, 0.2) is 42.6 Å². The van der Waals surface area contributed by atoms with Crippen molar-refractivity contribution in [2.24, 2.45) is 7.05 Å². The van der Waals surface area contributed by atoms with Crippen LogP contribution in [0.2, 0.25) is 0 Å². The van der Waals surface area contributed by atoms with Gasteiger partial charge in [-0.05, 0) is 24.6 Å². The smallest absolute Gasteiger partial charge is 0.340 e. The minimum Gasteiger partial charge on any atom is -0.465 e. The Morgan fingerprint density at radius 3 is 2.10 bits per heavy atom. The minimum atomic E-state index is -0.759. The summed E-state index contributed by atoms with van der Waals surface area (Å²) in [5.41, 5.74) is 0.607. The third-order valence-corrected chi connectivity index (χ3v) is 4.57. The quantitative estimate of drug-likeness (QED) is 0.370. The van der Waals surface area contributed by atoms with Crippen LogP contribution < -0.4 is 5.46 Å². The maximum Gasteiger partial charge on any atom is 0.340 e. The molecule has 30 heavy (non-hydrogen) atoms. The highest BCUT2D eigenvalue weighted by Crippen LogP contribution is 2.36. The molecule has 7 heteroatoms. The zero-order chi connectivity index (χ0) is 22.6. The fraction of sp³-hybridized carbons (Fsp3) is 0.217. The summed E-state index contributed by atoms with van der Waals surface area (Å²) in [6.07, 6.45) is 1.37. The predicted octanol–water partition coefficient (Wildman–Crippen LogP) is 4.12. The number of hydrogen-bond donors (Lipinski definition) is 0. The van der Waals surface area contributed by atoms with E-state index in [4.69, 9.17) is 12.6 Å². The monoisotopic (exact) mass is 409 g/mol. The van der Waals surface area contributed by atoms with Gasteiger partial charge in [-0.15, -0.1) is 0 Å². The molecule has 2 radical (unpaired) electrons. The maximum atomic E-state index is 14.7. The fourth-order valence-corrected chi connectivity index (χ4v) is 3.15. The van der Waals surface area contributed by atoms with Crippen molar-refractivity contribution >= 4 is 25.1 Å². The first-order chi connectivity index (χ1) is 14.3. The van der Waals surface area contributed by atoms with Crippen LogP contribution >= 0.6 is 0 Å². The molecule has 2 aromatic carbocycles. The molecule has 3 aromatic rings. The summed E-state index contributed by atoms with van der Waals surface area (Å²) in [6.45, 7) is 5.39. The maximum absolute atomic E-state index is 14.7. The first-order valence-corrected chi connectivity index (χ1v) is 9.39. The number of aryl methyl sites for hydroxylation is 1. The number of methoxy groups -OCH3 is 1. The van der Waals surface area contributed by atoms with Crippen molar-refractivity contribution in [3.8, 4) is 11.1 Å². The van der Waals surface area contributed by atoms with Gasteiger partial charge in [-0.1, -0.05) is 43.6 Å². The normalized spacial score (nSPS) is 10.2. The molecular formula is C23H22BF2NO3. The number of esters is 1. The van der Waals surface area contributed by atoms with Crippen LogP contribution in [-0.4, -0.2) is 31.3 Å². The summed E-state index contributed by atoms with van der Waals surface area (Å²) in [6, 6.07) is 8.14. The first kappa shape index (κ1) is 23.1. The molecule has 0 saturated carbocycles. The molecule has 0 N–H and O–H groups in total. The lowest BCUT2D eigenvalue weighted by Crippen LogP contribution is -2.12. The molecule has 0 unspecified atom stereocenters. The van der Waals surface area contributed by atoms with Crippen LogP contribution in [0.4, 0.5) is 8.78 Å². The Kier molecular flexibility index (Phi) is 7.32. The van der Waals surface area contributed by atoms with Gasteiger partial charge in [-0.25, -0.2) is 13.6 Å². The molecule has 0 aliphatic rings. The molecule has 0 fully saturated rings. The number of carbonyl (C=O) groups is 2. The van der Waals surface area contributed by atoms with Gasteiger partial charge in [0.1, 0.15) is 19.5 Å². The van der Waals surface area contributed by atoms with E-state index in [1.807, 2.05) is 13.8 Å². The molecule has 4 nitrogen and oxygen atoms in total. The highest BCUT2D eigenvalue weighted by Gasteiger charge is 2.29. The molecule has 0 amide bonds. The summed E-state index contributed by atoms with van der Waals surface area (Å²) in [4.78, 5) is 25.5. The molecule has 1 heterocycles. The Bertz CT molecular complexity index is 1090. The lowest BCUT2D eigenvalue weighted by Gasteiger charge is -2.13.